The maximum Gasteiger partial charge on any atom is -0.00796 e. The minimum atomic E-state index is 0.495. The lowest BCUT2D eigenvalue weighted by atomic mass is 9.43. The Morgan fingerprint density at radius 3 is 2.55 bits per heavy atom. The number of fused-ring (bicyclic) bond motifs is 3. The quantitative estimate of drug-likeness (QED) is 0.487. The van der Waals surface area contributed by atoms with Crippen LogP contribution in [0.25, 0.3) is 0 Å². The van der Waals surface area contributed by atoms with Crippen molar-refractivity contribution in [3.63, 3.8) is 0 Å². The molecule has 4 rings (SSSR count). The second kappa shape index (κ2) is 3.93. The van der Waals surface area contributed by atoms with Crippen LogP contribution in [0.4, 0.5) is 0 Å². The van der Waals surface area contributed by atoms with E-state index in [9.17, 15) is 0 Å². The van der Waals surface area contributed by atoms with Crippen LogP contribution in [-0.2, 0) is 0 Å². The highest BCUT2D eigenvalue weighted by Gasteiger charge is 2.62. The van der Waals surface area contributed by atoms with E-state index in [1.165, 1.54) is 32.1 Å². The van der Waals surface area contributed by atoms with Crippen molar-refractivity contribution in [2.75, 3.05) is 0 Å². The van der Waals surface area contributed by atoms with Crippen LogP contribution >= 0.6 is 0 Å². The smallest absolute Gasteiger partial charge is 0.00796 e. The van der Waals surface area contributed by atoms with Gasteiger partial charge in [0.2, 0.25) is 0 Å². The molecule has 4 aliphatic rings. The summed E-state index contributed by atoms with van der Waals surface area (Å²) < 4.78 is 0. The Labute approximate surface area is 125 Å². The molecule has 0 aromatic heterocycles. The lowest BCUT2D eigenvalue weighted by Gasteiger charge is -2.62. The molecule has 0 heterocycles. The molecule has 20 heavy (non-hydrogen) atoms. The van der Waals surface area contributed by atoms with Crippen molar-refractivity contribution in [1.82, 2.24) is 0 Å². The van der Waals surface area contributed by atoms with Gasteiger partial charge in [0.25, 0.3) is 0 Å². The lowest BCUT2D eigenvalue weighted by Crippen LogP contribution is -2.54. The van der Waals surface area contributed by atoms with E-state index in [0.717, 1.165) is 29.1 Å². The molecule has 1 spiro atoms. The zero-order valence-electron chi connectivity index (χ0n) is 13.9. The first-order valence-corrected chi connectivity index (χ1v) is 9.05. The van der Waals surface area contributed by atoms with Crippen molar-refractivity contribution in [2.45, 2.75) is 72.6 Å². The van der Waals surface area contributed by atoms with Gasteiger partial charge in [-0.15, -0.1) is 0 Å². The summed E-state index contributed by atoms with van der Waals surface area (Å²) in [5, 5.41) is 0. The Bertz CT molecular complexity index is 441. The summed E-state index contributed by atoms with van der Waals surface area (Å²) in [5.41, 5.74) is 1.74. The fourth-order valence-corrected chi connectivity index (χ4v) is 7.53. The van der Waals surface area contributed by atoms with Crippen molar-refractivity contribution in [3.8, 4) is 0 Å². The van der Waals surface area contributed by atoms with Gasteiger partial charge >= 0.3 is 0 Å². The third-order valence-electron chi connectivity index (χ3n) is 8.26. The molecule has 112 valence electrons. The molecule has 0 amide bonds. The summed E-state index contributed by atoms with van der Waals surface area (Å²) >= 11 is 0. The van der Waals surface area contributed by atoms with E-state index >= 15 is 0 Å². The van der Waals surface area contributed by atoms with Crippen LogP contribution in [0.3, 0.4) is 0 Å². The predicted molar refractivity (Wildman–Crippen MR) is 85.4 cm³/mol. The standard InChI is InChI=1S/C20H32/c1-14-12-20-11-8-16-18(2,3)9-5-10-19(16,4)17(20)7-6-15(14)13-20/h5,10,14-17H,6-9,11-13H2,1-4H3/t14-,15-,16+,17?,19+,20?/m0/s1. The number of rotatable bonds is 0. The molecular weight excluding hydrogens is 240 g/mol. The van der Waals surface area contributed by atoms with Crippen LogP contribution in [0.15, 0.2) is 12.2 Å². The lowest BCUT2D eigenvalue weighted by molar-refractivity contribution is -0.0980. The summed E-state index contributed by atoms with van der Waals surface area (Å²) in [7, 11) is 0. The molecule has 3 saturated carbocycles. The molecule has 6 atom stereocenters. The van der Waals surface area contributed by atoms with Crippen molar-refractivity contribution >= 4 is 0 Å². The van der Waals surface area contributed by atoms with Crippen LogP contribution in [0.2, 0.25) is 0 Å². The zero-order chi connectivity index (χ0) is 14.2. The second-order valence-electron chi connectivity index (χ2n) is 9.69. The van der Waals surface area contributed by atoms with E-state index < -0.39 is 0 Å². The number of hydrogen-bond acceptors (Lipinski definition) is 0. The highest BCUT2D eigenvalue weighted by Crippen LogP contribution is 2.71. The minimum Gasteiger partial charge on any atom is -0.0874 e. The molecule has 0 radical (unpaired) electrons. The van der Waals surface area contributed by atoms with Crippen molar-refractivity contribution in [1.29, 1.82) is 0 Å². The molecule has 2 bridgehead atoms. The maximum atomic E-state index is 2.66. The SMILES string of the molecule is C[C@H]1CC23CC[C@@H]4C(C)(C)CC=C[C@@]4(C)C2CC[C@H]1C3. The van der Waals surface area contributed by atoms with Crippen LogP contribution in [-0.4, -0.2) is 0 Å². The predicted octanol–water partition coefficient (Wildman–Crippen LogP) is 5.83. The first-order chi connectivity index (χ1) is 9.37. The molecule has 0 saturated heterocycles. The van der Waals surface area contributed by atoms with Gasteiger partial charge in [0.05, 0.1) is 0 Å². The number of allylic oxidation sites excluding steroid dienone is 2. The topological polar surface area (TPSA) is 0 Å². The molecule has 0 aromatic carbocycles. The van der Waals surface area contributed by atoms with E-state index in [2.05, 4.69) is 39.8 Å². The van der Waals surface area contributed by atoms with Crippen molar-refractivity contribution in [3.05, 3.63) is 12.2 Å². The van der Waals surface area contributed by atoms with Gasteiger partial charge in [-0.05, 0) is 84.9 Å². The first kappa shape index (κ1) is 13.4. The number of hydrogen-bond donors (Lipinski definition) is 0. The van der Waals surface area contributed by atoms with Crippen LogP contribution in [0.1, 0.15) is 72.6 Å². The van der Waals surface area contributed by atoms with Gasteiger partial charge in [-0.25, -0.2) is 0 Å². The Kier molecular flexibility index (Phi) is 2.63. The normalized spacial score (nSPS) is 56.2. The molecule has 0 aliphatic heterocycles. The second-order valence-corrected chi connectivity index (χ2v) is 9.69. The third kappa shape index (κ3) is 1.54. The van der Waals surface area contributed by atoms with Gasteiger partial charge in [-0.1, -0.05) is 39.8 Å². The van der Waals surface area contributed by atoms with E-state index in [1.807, 2.05) is 0 Å². The van der Waals surface area contributed by atoms with Gasteiger partial charge in [0.15, 0.2) is 0 Å². The molecule has 0 nitrogen and oxygen atoms in total. The van der Waals surface area contributed by atoms with Crippen LogP contribution in [0, 0.1) is 39.9 Å². The fraction of sp³-hybridized carbons (Fsp3) is 0.900. The Morgan fingerprint density at radius 1 is 0.950 bits per heavy atom. The van der Waals surface area contributed by atoms with Crippen LogP contribution < -0.4 is 0 Å². The van der Waals surface area contributed by atoms with Gasteiger partial charge in [-0.3, -0.25) is 0 Å². The molecule has 0 heteroatoms. The average Bonchev–Trinajstić information content (AvgIpc) is 2.58. The largest absolute Gasteiger partial charge is 0.0874 e. The highest BCUT2D eigenvalue weighted by molar-refractivity contribution is 5.20. The summed E-state index contributed by atoms with van der Waals surface area (Å²) in [6.07, 6.45) is 15.7. The molecular formula is C20H32. The van der Waals surface area contributed by atoms with E-state index in [0.29, 0.717) is 10.8 Å². The Morgan fingerprint density at radius 2 is 1.75 bits per heavy atom. The first-order valence-electron chi connectivity index (χ1n) is 9.05. The summed E-state index contributed by atoms with van der Waals surface area (Å²) in [6.45, 7) is 10.2. The van der Waals surface area contributed by atoms with Crippen LogP contribution in [0.5, 0.6) is 0 Å². The summed E-state index contributed by atoms with van der Waals surface area (Å²) in [6, 6.07) is 0. The van der Waals surface area contributed by atoms with Crippen molar-refractivity contribution in [2.24, 2.45) is 39.9 Å². The molecule has 2 unspecified atom stereocenters. The monoisotopic (exact) mass is 272 g/mol. The summed E-state index contributed by atoms with van der Waals surface area (Å²) in [4.78, 5) is 0. The summed E-state index contributed by atoms with van der Waals surface area (Å²) in [5.74, 6) is 3.96. The fourth-order valence-electron chi connectivity index (χ4n) is 7.53. The van der Waals surface area contributed by atoms with Gasteiger partial charge in [-0.2, -0.15) is 0 Å². The van der Waals surface area contributed by atoms with Gasteiger partial charge < -0.3 is 0 Å². The minimum absolute atomic E-state index is 0.495. The Balaban J connectivity index is 1.76. The van der Waals surface area contributed by atoms with Gasteiger partial charge in [0, 0.05) is 0 Å². The van der Waals surface area contributed by atoms with E-state index in [-0.39, 0.29) is 0 Å². The third-order valence-corrected chi connectivity index (χ3v) is 8.26. The van der Waals surface area contributed by atoms with Crippen molar-refractivity contribution < 1.29 is 0 Å². The zero-order valence-corrected chi connectivity index (χ0v) is 13.9. The molecule has 0 N–H and O–H groups in total. The van der Waals surface area contributed by atoms with E-state index in [4.69, 9.17) is 0 Å². The van der Waals surface area contributed by atoms with E-state index in [1.54, 1.807) is 12.8 Å². The average molecular weight is 272 g/mol. The Hall–Kier alpha value is -0.260. The molecule has 0 aromatic rings. The molecule has 3 fully saturated rings. The maximum absolute atomic E-state index is 2.66. The molecule has 4 aliphatic carbocycles. The highest BCUT2D eigenvalue weighted by atomic mass is 14.7. The van der Waals surface area contributed by atoms with Gasteiger partial charge in [0.1, 0.15) is 0 Å².